The van der Waals surface area contributed by atoms with E-state index in [4.69, 9.17) is 0 Å². The van der Waals surface area contributed by atoms with Crippen molar-refractivity contribution < 1.29 is 0 Å². The number of nitrogens with one attached hydrogen (secondary N) is 1. The Morgan fingerprint density at radius 2 is 1.63 bits per heavy atom. The summed E-state index contributed by atoms with van der Waals surface area (Å²) in [6, 6.07) is 1.47. The van der Waals surface area contributed by atoms with Crippen LogP contribution in [0, 0.1) is 0 Å². The van der Waals surface area contributed by atoms with Crippen molar-refractivity contribution in [2.24, 2.45) is 0 Å². The maximum absolute atomic E-state index is 3.54. The number of rotatable bonds is 9. The molecule has 0 bridgehead atoms. The van der Waals surface area contributed by atoms with E-state index in [2.05, 4.69) is 42.9 Å². The molecule has 0 spiro atoms. The summed E-state index contributed by atoms with van der Waals surface area (Å²) in [6.45, 7) is 12.9. The summed E-state index contributed by atoms with van der Waals surface area (Å²) in [5, 5.41) is 3.54. The predicted octanol–water partition coefficient (Wildman–Crippen LogP) is 2.57. The molecule has 19 heavy (non-hydrogen) atoms. The monoisotopic (exact) mass is 269 g/mol. The lowest BCUT2D eigenvalue weighted by Crippen LogP contribution is -2.51. The van der Waals surface area contributed by atoms with Crippen molar-refractivity contribution in [1.82, 2.24) is 15.1 Å². The molecule has 3 heteroatoms. The van der Waals surface area contributed by atoms with E-state index in [1.807, 2.05) is 0 Å². The fraction of sp³-hybridized carbons (Fsp3) is 1.00. The van der Waals surface area contributed by atoms with E-state index >= 15 is 0 Å². The highest BCUT2D eigenvalue weighted by Crippen LogP contribution is 2.23. The second kappa shape index (κ2) is 9.73. The van der Waals surface area contributed by atoms with Gasteiger partial charge in [0.25, 0.3) is 0 Å². The molecule has 0 aromatic carbocycles. The van der Waals surface area contributed by atoms with Gasteiger partial charge in [-0.25, -0.2) is 0 Å². The third-order valence-electron chi connectivity index (χ3n) is 4.79. The number of likely N-dealkylation sites (N-methyl/N-ethyl adjacent to an activating group) is 2. The summed E-state index contributed by atoms with van der Waals surface area (Å²) in [6.07, 6.45) is 6.86. The fourth-order valence-corrected chi connectivity index (χ4v) is 3.48. The summed E-state index contributed by atoms with van der Waals surface area (Å²) in [5.74, 6) is 0. The van der Waals surface area contributed by atoms with Gasteiger partial charge >= 0.3 is 0 Å². The normalized spacial score (nSPS) is 24.3. The van der Waals surface area contributed by atoms with Gasteiger partial charge in [0.05, 0.1) is 0 Å². The van der Waals surface area contributed by atoms with Gasteiger partial charge in [-0.3, -0.25) is 4.90 Å². The molecule has 3 nitrogen and oxygen atoms in total. The molecule has 114 valence electrons. The second-order valence-corrected chi connectivity index (χ2v) is 5.76. The fourth-order valence-electron chi connectivity index (χ4n) is 3.48. The quantitative estimate of drug-likeness (QED) is 0.694. The van der Waals surface area contributed by atoms with Gasteiger partial charge in [-0.15, -0.1) is 0 Å². The van der Waals surface area contributed by atoms with Gasteiger partial charge in [0, 0.05) is 12.1 Å². The van der Waals surface area contributed by atoms with Crippen LogP contribution in [0.4, 0.5) is 0 Å². The molecule has 0 saturated heterocycles. The molecule has 2 atom stereocenters. The third kappa shape index (κ3) is 5.41. The molecule has 0 aromatic rings. The standard InChI is InChI=1S/C16H35N3/c1-5-18(6-2)13-10-14-19(7-3)16-12-9-8-11-15(16)17-4/h15-17H,5-14H2,1-4H3. The highest BCUT2D eigenvalue weighted by molar-refractivity contribution is 4.87. The van der Waals surface area contributed by atoms with Crippen molar-refractivity contribution in [3.63, 3.8) is 0 Å². The first kappa shape index (κ1) is 16.9. The Morgan fingerprint density at radius 1 is 0.947 bits per heavy atom. The first-order chi connectivity index (χ1) is 9.26. The molecule has 1 saturated carbocycles. The molecule has 0 aromatic heterocycles. The van der Waals surface area contributed by atoms with Gasteiger partial charge in [-0.05, 0) is 59.0 Å². The Morgan fingerprint density at radius 3 is 2.21 bits per heavy atom. The molecule has 1 N–H and O–H groups in total. The lowest BCUT2D eigenvalue weighted by Gasteiger charge is -2.39. The van der Waals surface area contributed by atoms with Gasteiger partial charge in [-0.2, -0.15) is 0 Å². The maximum atomic E-state index is 3.54. The van der Waals surface area contributed by atoms with Crippen molar-refractivity contribution in [2.45, 2.75) is 65.0 Å². The molecule has 2 unspecified atom stereocenters. The minimum Gasteiger partial charge on any atom is -0.315 e. The first-order valence-electron chi connectivity index (χ1n) is 8.40. The minimum atomic E-state index is 0.710. The summed E-state index contributed by atoms with van der Waals surface area (Å²) >= 11 is 0. The van der Waals surface area contributed by atoms with E-state index in [1.54, 1.807) is 0 Å². The molecule has 1 aliphatic carbocycles. The van der Waals surface area contributed by atoms with E-state index in [0.717, 1.165) is 6.04 Å². The van der Waals surface area contributed by atoms with Gasteiger partial charge in [0.2, 0.25) is 0 Å². The topological polar surface area (TPSA) is 18.5 Å². The average Bonchev–Trinajstić information content (AvgIpc) is 2.48. The summed E-state index contributed by atoms with van der Waals surface area (Å²) in [7, 11) is 2.13. The van der Waals surface area contributed by atoms with Crippen molar-refractivity contribution >= 4 is 0 Å². The molecular weight excluding hydrogens is 234 g/mol. The Balaban J connectivity index is 2.38. The first-order valence-corrected chi connectivity index (χ1v) is 8.40. The molecule has 0 radical (unpaired) electrons. The van der Waals surface area contributed by atoms with Gasteiger partial charge in [-0.1, -0.05) is 33.6 Å². The zero-order valence-corrected chi connectivity index (χ0v) is 13.6. The van der Waals surface area contributed by atoms with E-state index in [0.29, 0.717) is 6.04 Å². The summed E-state index contributed by atoms with van der Waals surface area (Å²) in [5.41, 5.74) is 0. The second-order valence-electron chi connectivity index (χ2n) is 5.76. The Hall–Kier alpha value is -0.120. The number of nitrogens with zero attached hydrogens (tertiary/aromatic N) is 2. The van der Waals surface area contributed by atoms with Crippen LogP contribution < -0.4 is 5.32 Å². The van der Waals surface area contributed by atoms with Gasteiger partial charge in [0.15, 0.2) is 0 Å². The molecular formula is C16H35N3. The molecule has 1 rings (SSSR count). The number of hydrogen-bond donors (Lipinski definition) is 1. The largest absolute Gasteiger partial charge is 0.315 e. The zero-order chi connectivity index (χ0) is 14.1. The van der Waals surface area contributed by atoms with Crippen molar-refractivity contribution in [3.05, 3.63) is 0 Å². The lowest BCUT2D eigenvalue weighted by molar-refractivity contribution is 0.124. The highest BCUT2D eigenvalue weighted by Gasteiger charge is 2.27. The zero-order valence-electron chi connectivity index (χ0n) is 13.6. The van der Waals surface area contributed by atoms with Crippen molar-refractivity contribution in [2.75, 3.05) is 39.8 Å². The molecule has 1 fully saturated rings. The Bertz CT molecular complexity index is 216. The van der Waals surface area contributed by atoms with Crippen LogP contribution in [0.3, 0.4) is 0 Å². The predicted molar refractivity (Wildman–Crippen MR) is 84.8 cm³/mol. The van der Waals surface area contributed by atoms with Crippen LogP contribution >= 0.6 is 0 Å². The van der Waals surface area contributed by atoms with Crippen LogP contribution in [-0.2, 0) is 0 Å². The SMILES string of the molecule is CCN(CC)CCCN(CC)C1CCCCC1NC. The van der Waals surface area contributed by atoms with E-state index < -0.39 is 0 Å². The maximum Gasteiger partial charge on any atom is 0.0249 e. The summed E-state index contributed by atoms with van der Waals surface area (Å²) < 4.78 is 0. The van der Waals surface area contributed by atoms with Gasteiger partial charge < -0.3 is 10.2 Å². The molecule has 0 amide bonds. The van der Waals surface area contributed by atoms with E-state index in [-0.39, 0.29) is 0 Å². The summed E-state index contributed by atoms with van der Waals surface area (Å²) in [4.78, 5) is 5.24. The minimum absolute atomic E-state index is 0.710. The molecule has 0 heterocycles. The molecule has 1 aliphatic rings. The van der Waals surface area contributed by atoms with Crippen LogP contribution in [0.5, 0.6) is 0 Å². The lowest BCUT2D eigenvalue weighted by atomic mass is 9.89. The highest BCUT2D eigenvalue weighted by atomic mass is 15.2. The van der Waals surface area contributed by atoms with Crippen LogP contribution in [-0.4, -0.2) is 61.7 Å². The van der Waals surface area contributed by atoms with Crippen LogP contribution in [0.1, 0.15) is 52.9 Å². The third-order valence-corrected chi connectivity index (χ3v) is 4.79. The number of hydrogen-bond acceptors (Lipinski definition) is 3. The van der Waals surface area contributed by atoms with Crippen LogP contribution in [0.25, 0.3) is 0 Å². The van der Waals surface area contributed by atoms with Crippen molar-refractivity contribution in [1.29, 1.82) is 0 Å². The van der Waals surface area contributed by atoms with Crippen molar-refractivity contribution in [3.8, 4) is 0 Å². The van der Waals surface area contributed by atoms with Crippen LogP contribution in [0.2, 0.25) is 0 Å². The smallest absolute Gasteiger partial charge is 0.0249 e. The van der Waals surface area contributed by atoms with E-state index in [9.17, 15) is 0 Å². The Labute approximate surface area is 120 Å². The van der Waals surface area contributed by atoms with E-state index in [1.165, 1.54) is 64.8 Å². The van der Waals surface area contributed by atoms with Gasteiger partial charge in [0.1, 0.15) is 0 Å². The molecule has 0 aliphatic heterocycles. The Kier molecular flexibility index (Phi) is 8.67. The average molecular weight is 269 g/mol. The van der Waals surface area contributed by atoms with Crippen LogP contribution in [0.15, 0.2) is 0 Å².